The average molecular weight is 446 g/mol. The molecule has 2 fully saturated rings. The number of carbonyl (C=O) groups excluding carboxylic acids is 1. The number of benzene rings is 1. The maximum atomic E-state index is 13.6. The number of aromatic nitrogens is 1. The summed E-state index contributed by atoms with van der Waals surface area (Å²) in [5.41, 5.74) is 1.29. The van der Waals surface area contributed by atoms with Crippen molar-refractivity contribution in [1.82, 2.24) is 9.47 Å². The van der Waals surface area contributed by atoms with Gasteiger partial charge >= 0.3 is 17.9 Å². The molecule has 2 N–H and O–H groups in total. The van der Waals surface area contributed by atoms with Crippen LogP contribution in [0.2, 0.25) is 0 Å². The van der Waals surface area contributed by atoms with Crippen molar-refractivity contribution in [3.63, 3.8) is 0 Å². The summed E-state index contributed by atoms with van der Waals surface area (Å²) in [7, 11) is 4.04. The van der Waals surface area contributed by atoms with E-state index in [0.717, 1.165) is 18.4 Å². The Morgan fingerprint density at radius 2 is 1.66 bits per heavy atom. The van der Waals surface area contributed by atoms with Gasteiger partial charge in [-0.2, -0.15) is 0 Å². The second-order valence-corrected chi connectivity index (χ2v) is 8.23. The van der Waals surface area contributed by atoms with E-state index in [1.54, 1.807) is 12.3 Å². The zero-order valence-corrected chi connectivity index (χ0v) is 18.0. The number of aryl methyl sites for hydroxylation is 1. The molecule has 0 radical (unpaired) electrons. The van der Waals surface area contributed by atoms with E-state index in [9.17, 15) is 18.8 Å². The molecule has 32 heavy (non-hydrogen) atoms. The molecule has 0 aliphatic carbocycles. The molecule has 2 saturated heterocycles. The Morgan fingerprint density at radius 3 is 2.22 bits per heavy atom. The molecular formula is C23H27FN2O6. The normalized spacial score (nSPS) is 22.9. The van der Waals surface area contributed by atoms with E-state index in [4.69, 9.17) is 14.9 Å². The summed E-state index contributed by atoms with van der Waals surface area (Å²) in [4.78, 5) is 34.2. The van der Waals surface area contributed by atoms with Gasteiger partial charge in [0.1, 0.15) is 11.9 Å². The van der Waals surface area contributed by atoms with Crippen LogP contribution in [0.4, 0.5) is 4.39 Å². The van der Waals surface area contributed by atoms with Gasteiger partial charge in [0.2, 0.25) is 0 Å². The molecule has 3 heterocycles. The third kappa shape index (κ3) is 5.53. The summed E-state index contributed by atoms with van der Waals surface area (Å²) in [6.45, 7) is 0. The number of hydrogen-bond donors (Lipinski definition) is 2. The highest BCUT2D eigenvalue weighted by molar-refractivity contribution is 6.04. The van der Waals surface area contributed by atoms with E-state index in [0.29, 0.717) is 35.2 Å². The predicted molar refractivity (Wildman–Crippen MR) is 115 cm³/mol. The molecule has 2 aromatic rings. The molecule has 2 aliphatic rings. The molecule has 1 aromatic heterocycles. The number of halogens is 1. The highest BCUT2D eigenvalue weighted by Crippen LogP contribution is 2.34. The van der Waals surface area contributed by atoms with Gasteiger partial charge in [0.15, 0.2) is 0 Å². The van der Waals surface area contributed by atoms with Crippen molar-refractivity contribution in [3.05, 3.63) is 47.9 Å². The molecule has 1 aromatic carbocycles. The smallest absolute Gasteiger partial charge is 0.340 e. The van der Waals surface area contributed by atoms with Crippen molar-refractivity contribution in [2.75, 3.05) is 7.05 Å². The van der Waals surface area contributed by atoms with Crippen LogP contribution < -0.4 is 0 Å². The molecule has 8 nitrogen and oxygen atoms in total. The number of esters is 1. The first-order valence-electron chi connectivity index (χ1n) is 10.5. The minimum atomic E-state index is -1.26. The Balaban J connectivity index is 0.000000312. The van der Waals surface area contributed by atoms with Crippen LogP contribution in [0.3, 0.4) is 0 Å². The molecule has 172 valence electrons. The summed E-state index contributed by atoms with van der Waals surface area (Å²) in [5.74, 6) is -3.19. The average Bonchev–Trinajstić information content (AvgIpc) is 3.03. The van der Waals surface area contributed by atoms with Gasteiger partial charge in [-0.3, -0.25) is 0 Å². The van der Waals surface area contributed by atoms with Crippen LogP contribution >= 0.6 is 0 Å². The van der Waals surface area contributed by atoms with Crippen molar-refractivity contribution in [2.24, 2.45) is 7.05 Å². The lowest BCUT2D eigenvalue weighted by Crippen LogP contribution is -2.52. The topological polar surface area (TPSA) is 109 Å². The van der Waals surface area contributed by atoms with Crippen molar-refractivity contribution < 1.29 is 33.7 Å². The van der Waals surface area contributed by atoms with E-state index in [-0.39, 0.29) is 17.9 Å². The Labute approximate surface area is 184 Å². The Hall–Kier alpha value is -3.20. The van der Waals surface area contributed by atoms with Gasteiger partial charge in [-0.1, -0.05) is 6.42 Å². The Kier molecular flexibility index (Phi) is 7.29. The predicted octanol–water partition coefficient (Wildman–Crippen LogP) is 3.20. The molecule has 0 spiro atoms. The summed E-state index contributed by atoms with van der Waals surface area (Å²) in [5, 5.41) is 16.2. The number of carbonyl (C=O) groups is 3. The summed E-state index contributed by atoms with van der Waals surface area (Å²) in [6.07, 6.45) is 8.25. The maximum absolute atomic E-state index is 13.6. The minimum Gasteiger partial charge on any atom is -0.478 e. The van der Waals surface area contributed by atoms with Gasteiger partial charge in [0, 0.05) is 61.2 Å². The lowest BCUT2D eigenvalue weighted by Gasteiger charge is -2.46. The fourth-order valence-corrected chi connectivity index (χ4v) is 4.55. The highest BCUT2D eigenvalue weighted by atomic mass is 19.1. The number of aliphatic carboxylic acids is 2. The quantitative estimate of drug-likeness (QED) is 0.548. The van der Waals surface area contributed by atoms with Gasteiger partial charge < -0.3 is 24.4 Å². The molecule has 9 heteroatoms. The Bertz CT molecular complexity index is 1020. The van der Waals surface area contributed by atoms with E-state index in [1.165, 1.54) is 31.4 Å². The van der Waals surface area contributed by atoms with Crippen LogP contribution in [0.15, 0.2) is 36.5 Å². The Morgan fingerprint density at radius 1 is 1.06 bits per heavy atom. The van der Waals surface area contributed by atoms with Crippen molar-refractivity contribution in [2.45, 2.75) is 50.3 Å². The van der Waals surface area contributed by atoms with Crippen LogP contribution in [0.5, 0.6) is 0 Å². The second kappa shape index (κ2) is 9.95. The standard InChI is InChI=1S/C19H23FN2O2.C4H4O4/c1-21-11-17(16-8-12(20)6-7-18(16)21)19(23)24-15-9-13-4-3-5-14(10-15)22(13)2;5-3(6)1-2-4(7)8/h6-8,11,13-15H,3-5,9-10H2,1-2H3;1-2H,(H,5,6)(H,7,8)/b;2-1-. The first-order valence-corrected chi connectivity index (χ1v) is 10.5. The van der Waals surface area contributed by atoms with Crippen molar-refractivity contribution >= 4 is 28.8 Å². The fraction of sp³-hybridized carbons (Fsp3) is 0.435. The van der Waals surface area contributed by atoms with E-state index >= 15 is 0 Å². The molecular weight excluding hydrogens is 419 g/mol. The zero-order valence-electron chi connectivity index (χ0n) is 18.0. The summed E-state index contributed by atoms with van der Waals surface area (Å²) < 4.78 is 21.2. The van der Waals surface area contributed by atoms with Crippen LogP contribution in [0.25, 0.3) is 10.9 Å². The number of hydrogen-bond acceptors (Lipinski definition) is 5. The molecule has 4 rings (SSSR count). The van der Waals surface area contributed by atoms with E-state index in [2.05, 4.69) is 11.9 Å². The lowest BCUT2D eigenvalue weighted by atomic mass is 9.83. The zero-order chi connectivity index (χ0) is 23.4. The second-order valence-electron chi connectivity index (χ2n) is 8.23. The maximum Gasteiger partial charge on any atom is 0.340 e. The third-order valence-electron chi connectivity index (χ3n) is 6.11. The van der Waals surface area contributed by atoms with Gasteiger partial charge in [0.05, 0.1) is 5.56 Å². The van der Waals surface area contributed by atoms with Crippen LogP contribution in [-0.4, -0.2) is 62.8 Å². The number of nitrogens with zero attached hydrogens (tertiary/aromatic N) is 2. The monoisotopic (exact) mass is 446 g/mol. The van der Waals surface area contributed by atoms with Gasteiger partial charge in [-0.15, -0.1) is 0 Å². The van der Waals surface area contributed by atoms with Crippen molar-refractivity contribution in [1.29, 1.82) is 0 Å². The van der Waals surface area contributed by atoms with E-state index in [1.807, 2.05) is 11.6 Å². The van der Waals surface area contributed by atoms with Crippen LogP contribution in [0.1, 0.15) is 42.5 Å². The number of fused-ring (bicyclic) bond motifs is 3. The van der Waals surface area contributed by atoms with E-state index < -0.39 is 11.9 Å². The third-order valence-corrected chi connectivity index (χ3v) is 6.11. The minimum absolute atomic E-state index is 0.0344. The summed E-state index contributed by atoms with van der Waals surface area (Å²) >= 11 is 0. The number of piperidine rings is 2. The molecule has 0 amide bonds. The van der Waals surface area contributed by atoms with Crippen LogP contribution in [0, 0.1) is 5.82 Å². The fourth-order valence-electron chi connectivity index (χ4n) is 4.55. The van der Waals surface area contributed by atoms with Gasteiger partial charge in [-0.05, 0) is 38.1 Å². The molecule has 2 aliphatic heterocycles. The van der Waals surface area contributed by atoms with Gasteiger partial charge in [0.25, 0.3) is 0 Å². The highest BCUT2D eigenvalue weighted by Gasteiger charge is 2.37. The first-order chi connectivity index (χ1) is 15.2. The lowest BCUT2D eigenvalue weighted by molar-refractivity contribution is -0.134. The number of ether oxygens (including phenoxy) is 1. The number of carboxylic acid groups (broad SMARTS) is 2. The molecule has 2 atom stereocenters. The summed E-state index contributed by atoms with van der Waals surface area (Å²) in [6, 6.07) is 5.55. The largest absolute Gasteiger partial charge is 0.478 e. The molecule has 0 saturated carbocycles. The van der Waals surface area contributed by atoms with Gasteiger partial charge in [-0.25, -0.2) is 18.8 Å². The molecule has 2 unspecified atom stereocenters. The van der Waals surface area contributed by atoms with Crippen LogP contribution in [-0.2, 0) is 21.4 Å². The number of rotatable bonds is 4. The molecule has 2 bridgehead atoms. The van der Waals surface area contributed by atoms with Crippen molar-refractivity contribution in [3.8, 4) is 0 Å². The first kappa shape index (κ1) is 23.5. The SMILES string of the molecule is CN1C2CCCC1CC(OC(=O)c1cn(C)c3ccc(F)cc13)C2.O=C(O)/C=C\C(=O)O. The number of carboxylic acids is 2.